The molecule has 100 valence electrons. The molecule has 0 atom stereocenters. The van der Waals surface area contributed by atoms with Crippen molar-refractivity contribution in [1.82, 2.24) is 15.1 Å². The number of hydrogen-bond acceptors (Lipinski definition) is 3. The van der Waals surface area contributed by atoms with Crippen LogP contribution in [-0.4, -0.2) is 62.0 Å². The van der Waals surface area contributed by atoms with E-state index in [0.717, 1.165) is 45.7 Å². The van der Waals surface area contributed by atoms with E-state index >= 15 is 0 Å². The third kappa shape index (κ3) is 6.03. The van der Waals surface area contributed by atoms with Gasteiger partial charge in [-0.25, -0.2) is 0 Å². The largest absolute Gasteiger partial charge is 0.344 e. The van der Waals surface area contributed by atoms with E-state index in [-0.39, 0.29) is 5.91 Å². The Kier molecular flexibility index (Phi) is 6.52. The molecular weight excluding hydrogens is 214 g/mol. The van der Waals surface area contributed by atoms with Gasteiger partial charge in [0.2, 0.25) is 5.91 Å². The quantitative estimate of drug-likeness (QED) is 0.747. The maximum absolute atomic E-state index is 11.8. The van der Waals surface area contributed by atoms with E-state index in [4.69, 9.17) is 0 Å². The molecule has 1 rings (SSSR count). The predicted molar refractivity (Wildman–Crippen MR) is 71.0 cm³/mol. The first-order valence-corrected chi connectivity index (χ1v) is 6.76. The Morgan fingerprint density at radius 2 is 2.00 bits per heavy atom. The third-order valence-electron chi connectivity index (χ3n) is 3.32. The molecule has 0 saturated carbocycles. The van der Waals surface area contributed by atoms with Gasteiger partial charge in [0.25, 0.3) is 0 Å². The molecule has 1 amide bonds. The lowest BCUT2D eigenvalue weighted by Crippen LogP contribution is -2.46. The van der Waals surface area contributed by atoms with Gasteiger partial charge < -0.3 is 10.2 Å². The first-order chi connectivity index (χ1) is 8.09. The Morgan fingerprint density at radius 3 is 2.59 bits per heavy atom. The van der Waals surface area contributed by atoms with Gasteiger partial charge in [-0.15, -0.1) is 0 Å². The highest BCUT2D eigenvalue weighted by molar-refractivity contribution is 5.75. The van der Waals surface area contributed by atoms with E-state index in [1.807, 2.05) is 11.9 Å². The summed E-state index contributed by atoms with van der Waals surface area (Å²) in [7, 11) is 1.92. The van der Waals surface area contributed by atoms with Crippen molar-refractivity contribution in [1.29, 1.82) is 0 Å². The van der Waals surface area contributed by atoms with Crippen LogP contribution < -0.4 is 5.32 Å². The number of nitrogens with zero attached hydrogens (tertiary/aromatic N) is 2. The van der Waals surface area contributed by atoms with Crippen LogP contribution in [0.5, 0.6) is 0 Å². The number of carbonyl (C=O) groups excluding carboxylic acids is 1. The van der Waals surface area contributed by atoms with Gasteiger partial charge >= 0.3 is 0 Å². The molecule has 1 fully saturated rings. The number of nitrogens with one attached hydrogen (secondary N) is 1. The second kappa shape index (κ2) is 7.67. The average Bonchev–Trinajstić information content (AvgIpc) is 2.34. The summed E-state index contributed by atoms with van der Waals surface area (Å²) in [6.07, 6.45) is 1.69. The molecule has 0 aliphatic carbocycles. The molecule has 0 bridgehead atoms. The standard InChI is InChI=1S/C13H27N3O/c1-12(2)4-5-13(17)15(3)10-11-16-8-6-14-7-9-16/h12,14H,4-11H2,1-3H3. The lowest BCUT2D eigenvalue weighted by atomic mass is 10.1. The molecule has 1 N–H and O–H groups in total. The molecule has 1 heterocycles. The topological polar surface area (TPSA) is 35.6 Å². The summed E-state index contributed by atoms with van der Waals surface area (Å²) in [6, 6.07) is 0. The van der Waals surface area contributed by atoms with E-state index in [1.54, 1.807) is 0 Å². The molecule has 0 radical (unpaired) electrons. The summed E-state index contributed by atoms with van der Waals surface area (Å²) in [6.45, 7) is 10.5. The molecule has 0 aromatic heterocycles. The zero-order chi connectivity index (χ0) is 12.7. The molecule has 1 aliphatic rings. The molecule has 0 spiro atoms. The molecule has 4 nitrogen and oxygen atoms in total. The minimum Gasteiger partial charge on any atom is -0.344 e. The van der Waals surface area contributed by atoms with Gasteiger partial charge in [0.05, 0.1) is 0 Å². The summed E-state index contributed by atoms with van der Waals surface area (Å²) >= 11 is 0. The summed E-state index contributed by atoms with van der Waals surface area (Å²) in [5, 5.41) is 3.34. The monoisotopic (exact) mass is 241 g/mol. The molecule has 0 unspecified atom stereocenters. The van der Waals surface area contributed by atoms with Crippen molar-refractivity contribution in [2.24, 2.45) is 5.92 Å². The SMILES string of the molecule is CC(C)CCC(=O)N(C)CCN1CCNCC1. The van der Waals surface area contributed by atoms with Crippen molar-refractivity contribution in [3.8, 4) is 0 Å². The second-order valence-electron chi connectivity index (χ2n) is 5.34. The average molecular weight is 241 g/mol. The fourth-order valence-corrected chi connectivity index (χ4v) is 1.95. The van der Waals surface area contributed by atoms with Crippen LogP contribution in [0.4, 0.5) is 0 Å². The Balaban J connectivity index is 2.14. The van der Waals surface area contributed by atoms with Gasteiger partial charge in [-0.3, -0.25) is 9.69 Å². The highest BCUT2D eigenvalue weighted by Crippen LogP contribution is 2.05. The fraction of sp³-hybridized carbons (Fsp3) is 0.923. The molecule has 0 aromatic carbocycles. The number of hydrogen-bond donors (Lipinski definition) is 1. The molecule has 1 aliphatic heterocycles. The van der Waals surface area contributed by atoms with Crippen LogP contribution in [0.3, 0.4) is 0 Å². The van der Waals surface area contributed by atoms with Gasteiger partial charge in [-0.2, -0.15) is 0 Å². The van der Waals surface area contributed by atoms with E-state index in [0.29, 0.717) is 12.3 Å². The van der Waals surface area contributed by atoms with E-state index in [9.17, 15) is 4.79 Å². The molecule has 0 aromatic rings. The Labute approximate surface area is 105 Å². The van der Waals surface area contributed by atoms with E-state index in [1.165, 1.54) is 0 Å². The number of carbonyl (C=O) groups is 1. The lowest BCUT2D eigenvalue weighted by molar-refractivity contribution is -0.130. The van der Waals surface area contributed by atoms with Gasteiger partial charge in [0, 0.05) is 52.7 Å². The van der Waals surface area contributed by atoms with Crippen molar-refractivity contribution >= 4 is 5.91 Å². The van der Waals surface area contributed by atoms with Crippen LogP contribution >= 0.6 is 0 Å². The van der Waals surface area contributed by atoms with Gasteiger partial charge in [-0.1, -0.05) is 13.8 Å². The third-order valence-corrected chi connectivity index (χ3v) is 3.32. The number of likely N-dealkylation sites (N-methyl/N-ethyl adjacent to an activating group) is 1. The molecule has 4 heteroatoms. The summed E-state index contributed by atoms with van der Waals surface area (Å²) in [5.41, 5.74) is 0. The summed E-state index contributed by atoms with van der Waals surface area (Å²) in [4.78, 5) is 16.1. The van der Waals surface area contributed by atoms with Gasteiger partial charge in [0.15, 0.2) is 0 Å². The van der Waals surface area contributed by atoms with Crippen LogP contribution in [0.2, 0.25) is 0 Å². The van der Waals surface area contributed by atoms with Crippen molar-refractivity contribution < 1.29 is 4.79 Å². The zero-order valence-corrected chi connectivity index (χ0v) is 11.5. The normalized spacial score (nSPS) is 17.4. The number of piperazine rings is 1. The first-order valence-electron chi connectivity index (χ1n) is 6.76. The van der Waals surface area contributed by atoms with Crippen molar-refractivity contribution in [2.75, 3.05) is 46.3 Å². The highest BCUT2D eigenvalue weighted by atomic mass is 16.2. The van der Waals surface area contributed by atoms with E-state index in [2.05, 4.69) is 24.1 Å². The van der Waals surface area contributed by atoms with Gasteiger partial charge in [-0.05, 0) is 12.3 Å². The van der Waals surface area contributed by atoms with Crippen LogP contribution in [0.25, 0.3) is 0 Å². The second-order valence-corrected chi connectivity index (χ2v) is 5.34. The molecular formula is C13H27N3O. The maximum Gasteiger partial charge on any atom is 0.222 e. The fourth-order valence-electron chi connectivity index (χ4n) is 1.95. The Morgan fingerprint density at radius 1 is 1.35 bits per heavy atom. The first kappa shape index (κ1) is 14.5. The number of rotatable bonds is 6. The molecule has 17 heavy (non-hydrogen) atoms. The maximum atomic E-state index is 11.8. The number of amides is 1. The van der Waals surface area contributed by atoms with Crippen LogP contribution in [0.1, 0.15) is 26.7 Å². The van der Waals surface area contributed by atoms with E-state index < -0.39 is 0 Å². The van der Waals surface area contributed by atoms with Crippen molar-refractivity contribution in [3.05, 3.63) is 0 Å². The molecule has 1 saturated heterocycles. The zero-order valence-electron chi connectivity index (χ0n) is 11.5. The lowest BCUT2D eigenvalue weighted by Gasteiger charge is -2.29. The Hall–Kier alpha value is -0.610. The summed E-state index contributed by atoms with van der Waals surface area (Å²) in [5.74, 6) is 0.898. The highest BCUT2D eigenvalue weighted by Gasteiger charge is 2.13. The van der Waals surface area contributed by atoms with Crippen LogP contribution in [0.15, 0.2) is 0 Å². The summed E-state index contributed by atoms with van der Waals surface area (Å²) < 4.78 is 0. The van der Waals surface area contributed by atoms with Crippen molar-refractivity contribution in [3.63, 3.8) is 0 Å². The predicted octanol–water partition coefficient (Wildman–Crippen LogP) is 0.786. The van der Waals surface area contributed by atoms with Crippen molar-refractivity contribution in [2.45, 2.75) is 26.7 Å². The minimum absolute atomic E-state index is 0.286. The Bertz CT molecular complexity index is 225. The smallest absolute Gasteiger partial charge is 0.222 e. The van der Waals surface area contributed by atoms with Crippen LogP contribution in [0, 0.1) is 5.92 Å². The minimum atomic E-state index is 0.286. The van der Waals surface area contributed by atoms with Crippen LogP contribution in [-0.2, 0) is 4.79 Å². The van der Waals surface area contributed by atoms with Gasteiger partial charge in [0.1, 0.15) is 0 Å².